The lowest BCUT2D eigenvalue weighted by Crippen LogP contribution is -2.40. The number of rotatable bonds is 4. The quantitative estimate of drug-likeness (QED) is 0.436. The second-order valence-corrected chi connectivity index (χ2v) is 5.25. The Bertz CT molecular complexity index is 544. The molecule has 7 heteroatoms. The van der Waals surface area contributed by atoms with E-state index >= 15 is 0 Å². The number of ketones is 1. The molecule has 0 saturated carbocycles. The van der Waals surface area contributed by atoms with Crippen LogP contribution >= 0.6 is 0 Å². The molecule has 0 spiro atoms. The topological polar surface area (TPSA) is 94.2 Å². The Kier molecular flexibility index (Phi) is 4.62. The van der Waals surface area contributed by atoms with Crippen molar-refractivity contribution in [2.24, 2.45) is 0 Å². The fraction of sp³-hybridized carbons (Fsp3) is 0.643. The molecule has 3 N–H and O–H groups in total. The van der Waals surface area contributed by atoms with Crippen LogP contribution in [0.15, 0.2) is 0 Å². The molecule has 2 rings (SSSR count). The number of amidine groups is 1. The van der Waals surface area contributed by atoms with Gasteiger partial charge in [0, 0.05) is 33.6 Å². The highest BCUT2D eigenvalue weighted by Gasteiger charge is 2.26. The van der Waals surface area contributed by atoms with E-state index in [0.29, 0.717) is 55.6 Å². The average Bonchev–Trinajstić information content (AvgIpc) is 2.85. The fourth-order valence-corrected chi connectivity index (χ4v) is 2.69. The molecule has 21 heavy (non-hydrogen) atoms. The molecule has 0 bridgehead atoms. The van der Waals surface area contributed by atoms with Crippen molar-refractivity contribution < 1.29 is 9.90 Å². The first kappa shape index (κ1) is 15.5. The summed E-state index contributed by atoms with van der Waals surface area (Å²) in [4.78, 5) is 18.0. The van der Waals surface area contributed by atoms with E-state index in [1.165, 1.54) is 6.92 Å². The lowest BCUT2D eigenvalue weighted by Gasteiger charge is -2.31. The molecule has 1 aromatic heterocycles. The Morgan fingerprint density at radius 2 is 2.10 bits per heavy atom. The molecule has 1 aromatic rings. The van der Waals surface area contributed by atoms with Gasteiger partial charge in [-0.15, -0.1) is 0 Å². The van der Waals surface area contributed by atoms with E-state index < -0.39 is 0 Å². The van der Waals surface area contributed by atoms with Gasteiger partial charge in [-0.3, -0.25) is 10.2 Å². The molecule has 1 aliphatic heterocycles. The molecule has 2 heterocycles. The van der Waals surface area contributed by atoms with E-state index in [2.05, 4.69) is 10.3 Å². The maximum atomic E-state index is 11.7. The van der Waals surface area contributed by atoms with Crippen molar-refractivity contribution in [1.82, 2.24) is 14.5 Å². The van der Waals surface area contributed by atoms with E-state index in [0.717, 1.165) is 0 Å². The third kappa shape index (κ3) is 2.92. The molecule has 1 aliphatic rings. The van der Waals surface area contributed by atoms with Crippen LogP contribution in [0, 0.1) is 5.41 Å². The fourth-order valence-electron chi connectivity index (χ4n) is 2.69. The predicted octanol–water partition coefficient (Wildman–Crippen LogP) is 0.929. The smallest absolute Gasteiger partial charge is 0.195 e. The van der Waals surface area contributed by atoms with Crippen LogP contribution < -0.4 is 5.32 Å². The molecular formula is C14H23N5O2. The van der Waals surface area contributed by atoms with Crippen LogP contribution in [0.2, 0.25) is 0 Å². The van der Waals surface area contributed by atoms with Crippen LogP contribution in [-0.2, 0) is 6.54 Å². The monoisotopic (exact) mass is 293 g/mol. The number of anilines is 1. The van der Waals surface area contributed by atoms with Gasteiger partial charge >= 0.3 is 0 Å². The van der Waals surface area contributed by atoms with Crippen LogP contribution in [0.3, 0.4) is 0 Å². The van der Waals surface area contributed by atoms with Gasteiger partial charge in [-0.25, -0.2) is 4.98 Å². The van der Waals surface area contributed by atoms with Crippen LogP contribution in [0.4, 0.5) is 5.82 Å². The molecule has 0 aliphatic carbocycles. The second-order valence-electron chi connectivity index (χ2n) is 5.25. The Balaban J connectivity index is 2.34. The van der Waals surface area contributed by atoms with Crippen LogP contribution in [0.25, 0.3) is 0 Å². The minimum absolute atomic E-state index is 0.110. The first-order valence-corrected chi connectivity index (χ1v) is 7.30. The molecule has 0 aromatic carbocycles. The largest absolute Gasteiger partial charge is 0.393 e. The summed E-state index contributed by atoms with van der Waals surface area (Å²) < 4.78 is 1.80. The summed E-state index contributed by atoms with van der Waals surface area (Å²) in [6.45, 7) is 5.32. The van der Waals surface area contributed by atoms with Gasteiger partial charge in [-0.05, 0) is 19.8 Å². The number of Topliss-reactive ketones (excluding diaryl/α,β-unsaturated/α-hetero) is 1. The molecule has 1 fully saturated rings. The molecule has 1 saturated heterocycles. The normalized spacial score (nSPS) is 16.1. The number of aromatic nitrogens is 2. The van der Waals surface area contributed by atoms with E-state index in [4.69, 9.17) is 5.41 Å². The predicted molar refractivity (Wildman–Crippen MR) is 81.1 cm³/mol. The molecule has 0 amide bonds. The van der Waals surface area contributed by atoms with Crippen molar-refractivity contribution in [1.29, 1.82) is 5.41 Å². The van der Waals surface area contributed by atoms with Gasteiger partial charge in [0.05, 0.1) is 6.10 Å². The summed E-state index contributed by atoms with van der Waals surface area (Å²) in [6.07, 6.45) is 1.04. The number of carbonyl (C=O) groups is 1. The first-order chi connectivity index (χ1) is 9.99. The molecule has 116 valence electrons. The van der Waals surface area contributed by atoms with Gasteiger partial charge in [0.1, 0.15) is 11.5 Å². The highest BCUT2D eigenvalue weighted by atomic mass is 16.3. The average molecular weight is 293 g/mol. The summed E-state index contributed by atoms with van der Waals surface area (Å²) in [6, 6.07) is 0. The standard InChI is InChI=1S/C14H23N5O2/c1-4-19-13(9(2)20)17-11(14(19)16-3)12(15)18-7-5-10(21)6-8-18/h10,15-16,21H,4-8H2,1-3H3. The van der Waals surface area contributed by atoms with E-state index in [1.807, 2.05) is 11.8 Å². The number of imidazole rings is 1. The minimum Gasteiger partial charge on any atom is -0.393 e. The van der Waals surface area contributed by atoms with Gasteiger partial charge in [0.2, 0.25) is 0 Å². The number of aliphatic hydroxyl groups is 1. The van der Waals surface area contributed by atoms with Crippen molar-refractivity contribution in [2.45, 2.75) is 39.3 Å². The summed E-state index contributed by atoms with van der Waals surface area (Å²) in [5, 5.41) is 21.0. The van der Waals surface area contributed by atoms with Crippen molar-refractivity contribution in [3.05, 3.63) is 11.5 Å². The zero-order chi connectivity index (χ0) is 15.6. The Morgan fingerprint density at radius 1 is 1.48 bits per heavy atom. The summed E-state index contributed by atoms with van der Waals surface area (Å²) in [5.41, 5.74) is 0.501. The third-order valence-electron chi connectivity index (χ3n) is 3.84. The maximum Gasteiger partial charge on any atom is 0.195 e. The molecule has 0 atom stereocenters. The minimum atomic E-state index is -0.279. The van der Waals surface area contributed by atoms with Crippen molar-refractivity contribution in [2.75, 3.05) is 25.5 Å². The highest BCUT2D eigenvalue weighted by Crippen LogP contribution is 2.22. The number of carbonyl (C=O) groups excluding carboxylic acids is 1. The zero-order valence-electron chi connectivity index (χ0n) is 12.8. The molecule has 0 radical (unpaired) electrons. The number of aliphatic hydroxyl groups excluding tert-OH is 1. The third-order valence-corrected chi connectivity index (χ3v) is 3.84. The SMILES string of the molecule is CCn1c(C(C)=O)nc(C(=N)N2CCC(O)CC2)c1NC. The van der Waals surface area contributed by atoms with Gasteiger partial charge < -0.3 is 19.9 Å². The van der Waals surface area contributed by atoms with Crippen molar-refractivity contribution >= 4 is 17.4 Å². The molecular weight excluding hydrogens is 270 g/mol. The van der Waals surface area contributed by atoms with Crippen LogP contribution in [-0.4, -0.2) is 57.4 Å². The zero-order valence-corrected chi connectivity index (χ0v) is 12.8. The summed E-state index contributed by atoms with van der Waals surface area (Å²) in [5.74, 6) is 1.26. The summed E-state index contributed by atoms with van der Waals surface area (Å²) in [7, 11) is 1.77. The van der Waals surface area contributed by atoms with Gasteiger partial charge in [0.15, 0.2) is 17.4 Å². The number of piperidine rings is 1. The number of hydrogen-bond acceptors (Lipinski definition) is 5. The number of nitrogens with one attached hydrogen (secondary N) is 2. The van der Waals surface area contributed by atoms with E-state index in [1.54, 1.807) is 11.6 Å². The lowest BCUT2D eigenvalue weighted by atomic mass is 10.1. The lowest BCUT2D eigenvalue weighted by molar-refractivity contribution is 0.0999. The Labute approximate surface area is 124 Å². The van der Waals surface area contributed by atoms with Gasteiger partial charge in [-0.2, -0.15) is 0 Å². The van der Waals surface area contributed by atoms with E-state index in [9.17, 15) is 9.90 Å². The van der Waals surface area contributed by atoms with Crippen LogP contribution in [0.1, 0.15) is 43.0 Å². The number of likely N-dealkylation sites (tertiary alicyclic amines) is 1. The number of nitrogens with zero attached hydrogens (tertiary/aromatic N) is 3. The summed E-state index contributed by atoms with van der Waals surface area (Å²) >= 11 is 0. The van der Waals surface area contributed by atoms with Crippen LogP contribution in [0.5, 0.6) is 0 Å². The maximum absolute atomic E-state index is 11.7. The molecule has 7 nitrogen and oxygen atoms in total. The first-order valence-electron chi connectivity index (χ1n) is 7.30. The van der Waals surface area contributed by atoms with Gasteiger partial charge in [0.25, 0.3) is 0 Å². The van der Waals surface area contributed by atoms with E-state index in [-0.39, 0.29) is 11.9 Å². The molecule has 0 unspecified atom stereocenters. The highest BCUT2D eigenvalue weighted by molar-refractivity contribution is 6.01. The second kappa shape index (κ2) is 6.26. The Hall–Kier alpha value is -1.89. The van der Waals surface area contributed by atoms with Crippen molar-refractivity contribution in [3.63, 3.8) is 0 Å². The van der Waals surface area contributed by atoms with Gasteiger partial charge in [-0.1, -0.05) is 0 Å². The van der Waals surface area contributed by atoms with Crippen molar-refractivity contribution in [3.8, 4) is 0 Å². The number of hydrogen-bond donors (Lipinski definition) is 3. The Morgan fingerprint density at radius 3 is 2.57 bits per heavy atom.